The number of anilines is 6. The number of hydrogen-bond acceptors (Lipinski definition) is 7. The lowest BCUT2D eigenvalue weighted by Gasteiger charge is -2.32. The van der Waals surface area contributed by atoms with E-state index in [4.69, 9.17) is 13.8 Å². The van der Waals surface area contributed by atoms with Gasteiger partial charge in [0.25, 0.3) is 0 Å². The lowest BCUT2D eigenvalue weighted by Crippen LogP contribution is -2.22. The molecule has 0 amide bonds. The summed E-state index contributed by atoms with van der Waals surface area (Å²) >= 11 is 0. The molecule has 0 fully saturated rings. The van der Waals surface area contributed by atoms with Gasteiger partial charge in [-0.15, -0.1) is 0 Å². The Bertz CT molecular complexity index is 5330. The van der Waals surface area contributed by atoms with Crippen molar-refractivity contribution in [1.29, 1.82) is 0 Å². The first-order valence-corrected chi connectivity index (χ1v) is 29.6. The van der Waals surface area contributed by atoms with Crippen LogP contribution in [-0.4, -0.2) is 25.1 Å². The molecule has 0 bridgehead atoms. The van der Waals surface area contributed by atoms with Gasteiger partial charge < -0.3 is 23.5 Å². The molecule has 13 aromatic carbocycles. The molecule has 2 aromatic heterocycles. The van der Waals surface area contributed by atoms with Crippen molar-refractivity contribution < 1.29 is 8.83 Å². The van der Waals surface area contributed by atoms with Crippen molar-refractivity contribution in [3.8, 4) is 22.3 Å². The van der Waals surface area contributed by atoms with Gasteiger partial charge in [-0.3, -0.25) is 0 Å². The summed E-state index contributed by atoms with van der Waals surface area (Å²) in [7, 11) is 0. The maximum Gasteiger partial charge on any atom is 0.159 e. The number of para-hydroxylation sites is 3. The molecule has 2 aliphatic heterocycles. The first kappa shape index (κ1) is 50.0. The van der Waals surface area contributed by atoms with Gasteiger partial charge in [-0.05, 0) is 100 Å². The minimum atomic E-state index is 0.616. The van der Waals surface area contributed by atoms with E-state index in [1.54, 1.807) is 0 Å². The number of fused-ring (bicyclic) bond motifs is 13. The summed E-state index contributed by atoms with van der Waals surface area (Å²) < 4.78 is 15.3. The van der Waals surface area contributed by atoms with E-state index in [9.17, 15) is 0 Å². The molecular weight excluding hydrogens is 1060 g/mol. The Morgan fingerprint density at radius 1 is 0.437 bits per heavy atom. The minimum absolute atomic E-state index is 0.616. The zero-order valence-electron chi connectivity index (χ0n) is 47.3. The molecule has 87 heavy (non-hydrogen) atoms. The number of nitrogens with zero attached hydrogens (tertiary/aromatic N) is 5. The van der Waals surface area contributed by atoms with Crippen LogP contribution in [-0.2, 0) is 0 Å². The molecule has 0 unspecified atom stereocenters. The molecule has 0 spiro atoms. The second kappa shape index (κ2) is 20.7. The molecule has 15 aromatic rings. The van der Waals surface area contributed by atoms with E-state index in [-0.39, 0.29) is 0 Å². The summed E-state index contributed by atoms with van der Waals surface area (Å²) in [5, 5.41) is 10.2. The molecule has 4 heterocycles. The lowest BCUT2D eigenvalue weighted by atomic mass is 9.88. The number of furan rings is 2. The van der Waals surface area contributed by atoms with Crippen LogP contribution in [0.5, 0.6) is 0 Å². The SMILES string of the molecule is C1=CN=CN(c2cccc3c2oc2cc(N4CC=Cc5c(-c6ccccc6)cccc54)c4cc(N(c5ccccc5)c5cccc6ccccc56)c5cc(/C(=N\c6ccccc6)c6ccccc6)c6c7ccc(-c8ccccc8)cc7oc6c5c4c23)C1. The summed E-state index contributed by atoms with van der Waals surface area (Å²) in [5.74, 6) is 0. The van der Waals surface area contributed by atoms with Crippen LogP contribution >= 0.6 is 0 Å². The highest BCUT2D eigenvalue weighted by Gasteiger charge is 2.31. The summed E-state index contributed by atoms with van der Waals surface area (Å²) in [6.07, 6.45) is 10.4. The smallest absolute Gasteiger partial charge is 0.159 e. The minimum Gasteiger partial charge on any atom is -0.455 e. The van der Waals surface area contributed by atoms with Gasteiger partial charge in [0, 0.05) is 102 Å². The Balaban J connectivity index is 1.10. The van der Waals surface area contributed by atoms with Gasteiger partial charge in [0.05, 0.1) is 40.5 Å². The molecule has 7 heteroatoms. The van der Waals surface area contributed by atoms with Gasteiger partial charge in [-0.2, -0.15) is 0 Å². The Morgan fingerprint density at radius 3 is 1.93 bits per heavy atom. The van der Waals surface area contributed by atoms with Crippen LogP contribution < -0.4 is 14.7 Å². The fourth-order valence-corrected chi connectivity index (χ4v) is 13.5. The van der Waals surface area contributed by atoms with Crippen LogP contribution in [0.2, 0.25) is 0 Å². The summed E-state index contributed by atoms with van der Waals surface area (Å²) in [6, 6.07) is 95.4. The van der Waals surface area contributed by atoms with Crippen molar-refractivity contribution in [2.75, 3.05) is 27.8 Å². The summed E-state index contributed by atoms with van der Waals surface area (Å²) in [5.41, 5.74) is 18.4. The topological polar surface area (TPSA) is 60.7 Å². The highest BCUT2D eigenvalue weighted by atomic mass is 16.3. The maximum atomic E-state index is 7.83. The van der Waals surface area contributed by atoms with E-state index in [0.29, 0.717) is 13.1 Å². The Morgan fingerprint density at radius 2 is 1.13 bits per heavy atom. The third-order valence-corrected chi connectivity index (χ3v) is 17.3. The Kier molecular flexibility index (Phi) is 11.9. The third kappa shape index (κ3) is 8.34. The van der Waals surface area contributed by atoms with E-state index in [1.807, 2.05) is 18.6 Å². The van der Waals surface area contributed by atoms with E-state index < -0.39 is 0 Å². The predicted octanol–water partition coefficient (Wildman–Crippen LogP) is 21.4. The van der Waals surface area contributed by atoms with Crippen molar-refractivity contribution in [2.24, 2.45) is 9.98 Å². The van der Waals surface area contributed by atoms with Crippen LogP contribution in [0.4, 0.5) is 39.8 Å². The molecule has 410 valence electrons. The number of benzene rings is 13. The standard InChI is InChI=1S/C80H53N5O2/c1-6-23-52(24-7-1)56-42-43-62-72(47-56)86-80-74(62)66(78(55-28-10-3-11-29-55)82-57-31-12-4-13-32-57)48-64-71(85(58-33-14-5-15-34-58)68-40-18-30-54-27-16-17-35-60(54)68)49-65-70(84-46-21-38-61-59(36-19-39-67(61)84)53-25-8-2-9-26-53)50-73-75(76(65)77(64)80)63-37-20-41-69(79(63)87-73)83-45-22-44-81-51-83/h1-44,47-51H,45-46H2/b82-78-. The summed E-state index contributed by atoms with van der Waals surface area (Å²) in [4.78, 5) is 17.4. The summed E-state index contributed by atoms with van der Waals surface area (Å²) in [6.45, 7) is 1.27. The molecule has 2 aliphatic rings. The molecule has 0 aliphatic carbocycles. The molecule has 0 radical (unpaired) electrons. The van der Waals surface area contributed by atoms with Crippen molar-refractivity contribution in [2.45, 2.75) is 0 Å². The molecule has 7 nitrogen and oxygen atoms in total. The highest BCUT2D eigenvalue weighted by Crippen LogP contribution is 2.55. The van der Waals surface area contributed by atoms with Crippen molar-refractivity contribution in [3.63, 3.8) is 0 Å². The normalized spacial score (nSPS) is 13.3. The fraction of sp³-hybridized carbons (Fsp3) is 0.0250. The van der Waals surface area contributed by atoms with Crippen LogP contribution in [0.15, 0.2) is 304 Å². The first-order valence-electron chi connectivity index (χ1n) is 29.6. The Hall–Kier alpha value is -11.5. The van der Waals surface area contributed by atoms with Crippen molar-refractivity contribution in [1.82, 2.24) is 0 Å². The molecule has 0 N–H and O–H groups in total. The van der Waals surface area contributed by atoms with Crippen molar-refractivity contribution in [3.05, 3.63) is 302 Å². The van der Waals surface area contributed by atoms with Gasteiger partial charge >= 0.3 is 0 Å². The first-order chi connectivity index (χ1) is 43.2. The molecule has 0 saturated heterocycles. The largest absolute Gasteiger partial charge is 0.455 e. The lowest BCUT2D eigenvalue weighted by molar-refractivity contribution is 0.669. The second-order valence-electron chi connectivity index (χ2n) is 22.3. The average molecular weight is 1120 g/mol. The average Bonchev–Trinajstić information content (AvgIpc) is 1.74. The van der Waals surface area contributed by atoms with E-state index in [2.05, 4.69) is 299 Å². The van der Waals surface area contributed by atoms with Gasteiger partial charge in [0.15, 0.2) is 5.58 Å². The fourth-order valence-electron chi connectivity index (χ4n) is 13.5. The second-order valence-corrected chi connectivity index (χ2v) is 22.3. The zero-order valence-corrected chi connectivity index (χ0v) is 47.3. The molecule has 0 atom stereocenters. The van der Waals surface area contributed by atoms with Gasteiger partial charge in [0.2, 0.25) is 0 Å². The van der Waals surface area contributed by atoms with Crippen LogP contribution in [0.1, 0.15) is 16.7 Å². The zero-order chi connectivity index (χ0) is 57.4. The van der Waals surface area contributed by atoms with Gasteiger partial charge in [-0.25, -0.2) is 9.98 Å². The van der Waals surface area contributed by atoms with E-state index in [0.717, 1.165) is 155 Å². The van der Waals surface area contributed by atoms with Crippen molar-refractivity contribution >= 4 is 134 Å². The highest BCUT2D eigenvalue weighted by molar-refractivity contribution is 6.39. The monoisotopic (exact) mass is 1120 g/mol. The number of hydrogen-bond donors (Lipinski definition) is 0. The van der Waals surface area contributed by atoms with Gasteiger partial charge in [-0.1, -0.05) is 206 Å². The number of aliphatic imine (C=N–C) groups is 2. The number of rotatable bonds is 10. The van der Waals surface area contributed by atoms with Gasteiger partial charge in [0.1, 0.15) is 16.7 Å². The van der Waals surface area contributed by atoms with E-state index >= 15 is 0 Å². The van der Waals surface area contributed by atoms with Crippen LogP contribution in [0, 0.1) is 0 Å². The predicted molar refractivity (Wildman–Crippen MR) is 365 cm³/mol. The van der Waals surface area contributed by atoms with E-state index in [1.165, 1.54) is 5.56 Å². The maximum absolute atomic E-state index is 7.83. The van der Waals surface area contributed by atoms with Crippen LogP contribution in [0.3, 0.4) is 0 Å². The Labute approximate surface area is 502 Å². The molecular formula is C80H53N5O2. The quantitative estimate of drug-likeness (QED) is 0.101. The molecule has 0 saturated carbocycles. The third-order valence-electron chi connectivity index (χ3n) is 17.3. The molecule has 17 rings (SSSR count). The van der Waals surface area contributed by atoms with Crippen LogP contribution in [0.25, 0.3) is 105 Å².